The summed E-state index contributed by atoms with van der Waals surface area (Å²) >= 11 is 0. The summed E-state index contributed by atoms with van der Waals surface area (Å²) in [5, 5.41) is 3.87. The molecular formula is C23H27N9O2. The number of aromatic nitrogens is 3. The van der Waals surface area contributed by atoms with Crippen molar-refractivity contribution < 1.29 is 9.26 Å². The van der Waals surface area contributed by atoms with Crippen molar-refractivity contribution in [3.8, 4) is 17.3 Å². The number of benzene rings is 1. The number of nitrogens with two attached hydrogens (primary N) is 2. The lowest BCUT2D eigenvalue weighted by molar-refractivity contribution is 0.200. The molecule has 0 saturated carbocycles. The van der Waals surface area contributed by atoms with Gasteiger partial charge >= 0.3 is 0 Å². The van der Waals surface area contributed by atoms with E-state index in [-0.39, 0.29) is 29.6 Å². The highest BCUT2D eigenvalue weighted by atomic mass is 16.5. The number of hydrogen-bond acceptors (Lipinski definition) is 8. The van der Waals surface area contributed by atoms with E-state index in [2.05, 4.69) is 43.6 Å². The zero-order valence-corrected chi connectivity index (χ0v) is 19.1. The standard InChI is InChI=1S/C23H27N9O2/c1-15(32(3)17-7-5-4-6-8-17)27-23(25)28-20(24)21-29-22(34-30-21)16-9-10-19(26-13-16)33-18-11-12-31(2)14-18/h4-10,13,18H,1,11-12,14H2,2-3H3,(H4,24,25,27,28). The minimum absolute atomic E-state index is 0.0373. The van der Waals surface area contributed by atoms with Crippen LogP contribution in [0, 0.1) is 0 Å². The number of likely N-dealkylation sites (N-methyl/N-ethyl adjacent to an activating group) is 1. The van der Waals surface area contributed by atoms with Gasteiger partial charge in [0.1, 0.15) is 11.9 Å². The Morgan fingerprint density at radius 3 is 2.68 bits per heavy atom. The average molecular weight is 462 g/mol. The number of ether oxygens (including phenoxy) is 1. The number of guanidine groups is 1. The Labute approximate surface area is 197 Å². The Hall–Kier alpha value is -4.25. The summed E-state index contributed by atoms with van der Waals surface area (Å²) in [5.74, 6) is 1.16. The molecule has 11 nitrogen and oxygen atoms in total. The predicted molar refractivity (Wildman–Crippen MR) is 130 cm³/mol. The summed E-state index contributed by atoms with van der Waals surface area (Å²) < 4.78 is 11.2. The van der Waals surface area contributed by atoms with Gasteiger partial charge in [0.2, 0.25) is 17.7 Å². The lowest BCUT2D eigenvalue weighted by atomic mass is 10.3. The highest BCUT2D eigenvalue weighted by molar-refractivity contribution is 6.02. The van der Waals surface area contributed by atoms with Gasteiger partial charge < -0.3 is 30.5 Å². The summed E-state index contributed by atoms with van der Waals surface area (Å²) in [6, 6.07) is 13.2. The molecule has 0 amide bonds. The van der Waals surface area contributed by atoms with E-state index in [0.717, 1.165) is 25.2 Å². The van der Waals surface area contributed by atoms with Gasteiger partial charge in [-0.15, -0.1) is 0 Å². The van der Waals surface area contributed by atoms with Crippen molar-refractivity contribution in [2.24, 2.45) is 21.5 Å². The van der Waals surface area contributed by atoms with Crippen molar-refractivity contribution >= 4 is 17.5 Å². The van der Waals surface area contributed by atoms with Crippen molar-refractivity contribution in [3.63, 3.8) is 0 Å². The summed E-state index contributed by atoms with van der Waals surface area (Å²) in [4.78, 5) is 20.9. The first-order valence-electron chi connectivity index (χ1n) is 10.7. The summed E-state index contributed by atoms with van der Waals surface area (Å²) in [6.45, 7) is 5.82. The quantitative estimate of drug-likeness (QED) is 0.398. The molecule has 11 heteroatoms. The predicted octanol–water partition coefficient (Wildman–Crippen LogP) is 1.84. The van der Waals surface area contributed by atoms with Crippen LogP contribution in [0.25, 0.3) is 11.5 Å². The molecule has 4 N–H and O–H groups in total. The Morgan fingerprint density at radius 2 is 2.00 bits per heavy atom. The minimum Gasteiger partial charge on any atom is -0.473 e. The van der Waals surface area contributed by atoms with Crippen LogP contribution in [-0.4, -0.2) is 65.1 Å². The van der Waals surface area contributed by atoms with Gasteiger partial charge in [-0.05, 0) is 31.7 Å². The van der Waals surface area contributed by atoms with E-state index in [9.17, 15) is 0 Å². The van der Waals surface area contributed by atoms with Crippen LogP contribution in [0.1, 0.15) is 12.2 Å². The fourth-order valence-corrected chi connectivity index (χ4v) is 3.39. The second-order valence-corrected chi connectivity index (χ2v) is 7.88. The van der Waals surface area contributed by atoms with Gasteiger partial charge in [0.15, 0.2) is 5.84 Å². The maximum Gasteiger partial charge on any atom is 0.259 e. The molecule has 3 aromatic rings. The molecule has 0 aliphatic carbocycles. The Balaban J connectivity index is 1.40. The monoisotopic (exact) mass is 461 g/mol. The molecule has 1 aliphatic heterocycles. The molecule has 3 heterocycles. The number of nitrogens with zero attached hydrogens (tertiary/aromatic N) is 7. The van der Waals surface area contributed by atoms with Crippen LogP contribution in [0.15, 0.2) is 75.6 Å². The van der Waals surface area contributed by atoms with Crippen LogP contribution in [0.5, 0.6) is 5.88 Å². The second-order valence-electron chi connectivity index (χ2n) is 7.88. The van der Waals surface area contributed by atoms with E-state index in [4.69, 9.17) is 20.7 Å². The topological polar surface area (TPSA) is 144 Å². The maximum absolute atomic E-state index is 6.00. The third-order valence-corrected chi connectivity index (χ3v) is 5.28. The van der Waals surface area contributed by atoms with Crippen LogP contribution in [0.2, 0.25) is 0 Å². The lowest BCUT2D eigenvalue weighted by Crippen LogP contribution is -2.22. The van der Waals surface area contributed by atoms with E-state index in [1.807, 2.05) is 37.4 Å². The maximum atomic E-state index is 6.00. The molecule has 34 heavy (non-hydrogen) atoms. The molecule has 1 aliphatic rings. The molecule has 4 rings (SSSR count). The normalized spacial score (nSPS) is 17.1. The molecule has 0 bridgehead atoms. The summed E-state index contributed by atoms with van der Waals surface area (Å²) in [7, 11) is 3.89. The van der Waals surface area contributed by atoms with E-state index in [1.165, 1.54) is 0 Å². The van der Waals surface area contributed by atoms with Crippen LogP contribution >= 0.6 is 0 Å². The Morgan fingerprint density at radius 1 is 1.21 bits per heavy atom. The molecule has 176 valence electrons. The van der Waals surface area contributed by atoms with E-state index in [0.29, 0.717) is 17.3 Å². The zero-order valence-electron chi connectivity index (χ0n) is 19.1. The van der Waals surface area contributed by atoms with Crippen molar-refractivity contribution in [2.45, 2.75) is 12.5 Å². The van der Waals surface area contributed by atoms with Gasteiger partial charge in [0, 0.05) is 38.1 Å². The van der Waals surface area contributed by atoms with Gasteiger partial charge in [-0.1, -0.05) is 29.9 Å². The van der Waals surface area contributed by atoms with Crippen molar-refractivity contribution in [3.05, 3.63) is 66.9 Å². The SMILES string of the molecule is C=C(/N=C(N)\N=C(/N)c1noc(-c2ccc(OC3CCN(C)C3)nc2)n1)N(C)c1ccccc1. The third kappa shape index (κ3) is 5.56. The van der Waals surface area contributed by atoms with Crippen LogP contribution in [-0.2, 0) is 0 Å². The molecule has 1 unspecified atom stereocenters. The number of pyridine rings is 1. The number of aliphatic imine (C=N–C) groups is 2. The van der Waals surface area contributed by atoms with Crippen molar-refractivity contribution in [1.82, 2.24) is 20.0 Å². The Kier molecular flexibility index (Phi) is 6.83. The molecule has 1 fully saturated rings. The van der Waals surface area contributed by atoms with E-state index < -0.39 is 0 Å². The van der Waals surface area contributed by atoms with E-state index in [1.54, 1.807) is 23.2 Å². The van der Waals surface area contributed by atoms with Crippen molar-refractivity contribution in [1.29, 1.82) is 0 Å². The van der Waals surface area contributed by atoms with Crippen LogP contribution < -0.4 is 21.1 Å². The number of para-hydroxylation sites is 1. The lowest BCUT2D eigenvalue weighted by Gasteiger charge is -2.18. The number of likely N-dealkylation sites (tertiary alicyclic amines) is 1. The Bertz CT molecular complexity index is 1190. The fourth-order valence-electron chi connectivity index (χ4n) is 3.39. The molecule has 1 aromatic carbocycles. The summed E-state index contributed by atoms with van der Waals surface area (Å²) in [6.07, 6.45) is 2.73. The highest BCUT2D eigenvalue weighted by Crippen LogP contribution is 2.21. The van der Waals surface area contributed by atoms with Gasteiger partial charge in [0.25, 0.3) is 5.89 Å². The number of anilines is 1. The average Bonchev–Trinajstić information content (AvgIpc) is 3.49. The first-order chi connectivity index (χ1) is 16.4. The number of hydrogen-bond donors (Lipinski definition) is 2. The molecular weight excluding hydrogens is 434 g/mol. The molecule has 2 aromatic heterocycles. The summed E-state index contributed by atoms with van der Waals surface area (Å²) in [5.41, 5.74) is 13.5. The van der Waals surface area contributed by atoms with Gasteiger partial charge in [0.05, 0.1) is 5.56 Å². The second kappa shape index (κ2) is 10.1. The number of amidine groups is 1. The smallest absolute Gasteiger partial charge is 0.259 e. The first-order valence-corrected chi connectivity index (χ1v) is 10.7. The highest BCUT2D eigenvalue weighted by Gasteiger charge is 2.21. The number of rotatable bonds is 7. The van der Waals surface area contributed by atoms with Crippen molar-refractivity contribution in [2.75, 3.05) is 32.1 Å². The van der Waals surface area contributed by atoms with E-state index >= 15 is 0 Å². The van der Waals surface area contributed by atoms with Gasteiger partial charge in [-0.3, -0.25) is 0 Å². The minimum atomic E-state index is -0.0858. The van der Waals surface area contributed by atoms with Gasteiger partial charge in [-0.25, -0.2) is 4.98 Å². The van der Waals surface area contributed by atoms with Crippen LogP contribution in [0.4, 0.5) is 5.69 Å². The molecule has 0 radical (unpaired) electrons. The molecule has 0 spiro atoms. The largest absolute Gasteiger partial charge is 0.473 e. The van der Waals surface area contributed by atoms with Crippen LogP contribution in [0.3, 0.4) is 0 Å². The fraction of sp³-hybridized carbons (Fsp3) is 0.261. The third-order valence-electron chi connectivity index (χ3n) is 5.28. The van der Waals surface area contributed by atoms with Gasteiger partial charge in [-0.2, -0.15) is 15.0 Å². The first kappa shape index (κ1) is 22.9. The zero-order chi connectivity index (χ0) is 24.1. The molecule has 1 atom stereocenters. The molecule has 1 saturated heterocycles.